The summed E-state index contributed by atoms with van der Waals surface area (Å²) in [4.78, 5) is 15.4. The second kappa shape index (κ2) is 3.36. The third-order valence-electron chi connectivity index (χ3n) is 3.46. The molecule has 1 aliphatic heterocycles. The molecule has 1 N–H and O–H groups in total. The van der Waals surface area contributed by atoms with E-state index in [-0.39, 0.29) is 0 Å². The molecule has 80 valence electrons. The van der Waals surface area contributed by atoms with Crippen LogP contribution in [-0.4, -0.2) is 22.4 Å². The van der Waals surface area contributed by atoms with Gasteiger partial charge in [0.25, 0.3) is 0 Å². The van der Waals surface area contributed by atoms with Crippen molar-refractivity contribution in [2.24, 2.45) is 0 Å². The van der Waals surface area contributed by atoms with Crippen LogP contribution in [0, 0.1) is 0 Å². The Morgan fingerprint density at radius 2 is 2.27 bits per heavy atom. The monoisotopic (exact) mass is 205 g/mol. The number of nitrogens with one attached hydrogen (secondary N) is 1. The second-order valence-electron chi connectivity index (χ2n) is 4.38. The highest BCUT2D eigenvalue weighted by Gasteiger charge is 2.28. The minimum absolute atomic E-state index is 0.594. The molecular weight excluding hydrogens is 190 g/mol. The maximum absolute atomic E-state index is 10.9. The van der Waals surface area contributed by atoms with Crippen LogP contribution in [0.25, 0.3) is 0 Å². The van der Waals surface area contributed by atoms with E-state index in [1.165, 1.54) is 19.3 Å². The SMILES string of the molecule is O=Cc1nc(C2CCC2)n2c1NCCC2. The van der Waals surface area contributed by atoms with Gasteiger partial charge in [0.15, 0.2) is 6.29 Å². The lowest BCUT2D eigenvalue weighted by Gasteiger charge is -2.27. The fourth-order valence-corrected chi connectivity index (χ4v) is 2.41. The lowest BCUT2D eigenvalue weighted by molar-refractivity contribution is 0.112. The zero-order valence-electron chi connectivity index (χ0n) is 8.70. The number of hydrogen-bond donors (Lipinski definition) is 1. The van der Waals surface area contributed by atoms with Crippen LogP contribution in [0.5, 0.6) is 0 Å². The van der Waals surface area contributed by atoms with E-state index in [4.69, 9.17) is 0 Å². The van der Waals surface area contributed by atoms with Gasteiger partial charge in [-0.2, -0.15) is 0 Å². The van der Waals surface area contributed by atoms with Crippen molar-refractivity contribution in [1.82, 2.24) is 9.55 Å². The van der Waals surface area contributed by atoms with Crippen molar-refractivity contribution in [3.8, 4) is 0 Å². The van der Waals surface area contributed by atoms with Gasteiger partial charge >= 0.3 is 0 Å². The standard InChI is InChI=1S/C11H15N3O/c15-7-9-11-12-5-2-6-14(11)10(13-9)8-3-1-4-8/h7-8,12H,1-6H2. The van der Waals surface area contributed by atoms with Crippen molar-refractivity contribution in [2.75, 3.05) is 11.9 Å². The number of aldehydes is 1. The Morgan fingerprint density at radius 1 is 1.40 bits per heavy atom. The Labute approximate surface area is 88.7 Å². The van der Waals surface area contributed by atoms with E-state index in [2.05, 4.69) is 14.9 Å². The molecule has 0 unspecified atom stereocenters. The van der Waals surface area contributed by atoms with E-state index < -0.39 is 0 Å². The van der Waals surface area contributed by atoms with Crippen molar-refractivity contribution >= 4 is 12.1 Å². The Morgan fingerprint density at radius 3 is 2.93 bits per heavy atom. The molecule has 15 heavy (non-hydrogen) atoms. The summed E-state index contributed by atoms with van der Waals surface area (Å²) >= 11 is 0. The second-order valence-corrected chi connectivity index (χ2v) is 4.38. The summed E-state index contributed by atoms with van der Waals surface area (Å²) in [6, 6.07) is 0. The molecule has 1 aromatic heterocycles. The van der Waals surface area contributed by atoms with E-state index in [0.29, 0.717) is 11.6 Å². The smallest absolute Gasteiger partial charge is 0.172 e. The first-order valence-electron chi connectivity index (χ1n) is 5.69. The quantitative estimate of drug-likeness (QED) is 0.748. The molecule has 2 heterocycles. The van der Waals surface area contributed by atoms with Crippen molar-refractivity contribution in [3.63, 3.8) is 0 Å². The van der Waals surface area contributed by atoms with E-state index in [9.17, 15) is 4.79 Å². The molecule has 0 atom stereocenters. The number of rotatable bonds is 2. The van der Waals surface area contributed by atoms with E-state index in [0.717, 1.165) is 37.4 Å². The number of nitrogens with zero attached hydrogens (tertiary/aromatic N) is 2. The van der Waals surface area contributed by atoms with E-state index in [1.54, 1.807) is 0 Å². The van der Waals surface area contributed by atoms with Gasteiger partial charge in [0.2, 0.25) is 0 Å². The molecule has 1 aromatic rings. The van der Waals surface area contributed by atoms with Gasteiger partial charge in [-0.1, -0.05) is 6.42 Å². The lowest BCUT2D eigenvalue weighted by atomic mass is 9.85. The molecule has 4 nitrogen and oxygen atoms in total. The maximum Gasteiger partial charge on any atom is 0.172 e. The van der Waals surface area contributed by atoms with Gasteiger partial charge in [0, 0.05) is 19.0 Å². The summed E-state index contributed by atoms with van der Waals surface area (Å²) in [6.45, 7) is 1.96. The summed E-state index contributed by atoms with van der Waals surface area (Å²) in [6.07, 6.45) is 5.76. The summed E-state index contributed by atoms with van der Waals surface area (Å²) in [5.74, 6) is 2.67. The van der Waals surface area contributed by atoms with Crippen LogP contribution < -0.4 is 5.32 Å². The zero-order chi connectivity index (χ0) is 10.3. The number of fused-ring (bicyclic) bond motifs is 1. The fourth-order valence-electron chi connectivity index (χ4n) is 2.41. The van der Waals surface area contributed by atoms with E-state index in [1.807, 2.05) is 0 Å². The van der Waals surface area contributed by atoms with E-state index >= 15 is 0 Å². The summed E-state index contributed by atoms with van der Waals surface area (Å²) < 4.78 is 2.21. The molecule has 0 aromatic carbocycles. The number of anilines is 1. The van der Waals surface area contributed by atoms with Gasteiger partial charge in [-0.3, -0.25) is 4.79 Å². The van der Waals surface area contributed by atoms with Crippen LogP contribution in [-0.2, 0) is 6.54 Å². The third-order valence-corrected chi connectivity index (χ3v) is 3.46. The Balaban J connectivity index is 2.05. The average Bonchev–Trinajstić information content (AvgIpc) is 2.55. The van der Waals surface area contributed by atoms with Gasteiger partial charge < -0.3 is 9.88 Å². The summed E-state index contributed by atoms with van der Waals surface area (Å²) in [5, 5.41) is 3.27. The highest BCUT2D eigenvalue weighted by Crippen LogP contribution is 2.38. The topological polar surface area (TPSA) is 46.9 Å². The van der Waals surface area contributed by atoms with Crippen molar-refractivity contribution in [2.45, 2.75) is 38.1 Å². The fraction of sp³-hybridized carbons (Fsp3) is 0.636. The zero-order valence-corrected chi connectivity index (χ0v) is 8.70. The molecule has 0 spiro atoms. The molecule has 0 bridgehead atoms. The normalized spacial score (nSPS) is 20.3. The molecule has 2 aliphatic rings. The van der Waals surface area contributed by atoms with Crippen LogP contribution in [0.2, 0.25) is 0 Å². The average molecular weight is 205 g/mol. The molecule has 0 radical (unpaired) electrons. The molecule has 1 saturated carbocycles. The first-order chi connectivity index (χ1) is 7.40. The first kappa shape index (κ1) is 8.95. The molecule has 3 rings (SSSR count). The summed E-state index contributed by atoms with van der Waals surface area (Å²) in [7, 11) is 0. The minimum atomic E-state index is 0.594. The molecule has 4 heteroatoms. The molecule has 0 saturated heterocycles. The number of hydrogen-bond acceptors (Lipinski definition) is 3. The predicted octanol–water partition coefficient (Wildman–Crippen LogP) is 1.78. The van der Waals surface area contributed by atoms with Gasteiger partial charge in [0.05, 0.1) is 0 Å². The van der Waals surface area contributed by atoms with Crippen LogP contribution >= 0.6 is 0 Å². The highest BCUT2D eigenvalue weighted by molar-refractivity contribution is 5.80. The van der Waals surface area contributed by atoms with Crippen LogP contribution in [0.1, 0.15) is 47.9 Å². The maximum atomic E-state index is 10.9. The van der Waals surface area contributed by atoms with Crippen LogP contribution in [0.15, 0.2) is 0 Å². The van der Waals surface area contributed by atoms with Crippen LogP contribution in [0.4, 0.5) is 5.82 Å². The Kier molecular flexibility index (Phi) is 2.01. The van der Waals surface area contributed by atoms with Crippen molar-refractivity contribution in [1.29, 1.82) is 0 Å². The first-order valence-corrected chi connectivity index (χ1v) is 5.69. The molecule has 1 fully saturated rings. The van der Waals surface area contributed by atoms with Crippen molar-refractivity contribution in [3.05, 3.63) is 11.5 Å². The number of carbonyl (C=O) groups is 1. The lowest BCUT2D eigenvalue weighted by Crippen LogP contribution is -2.22. The van der Waals surface area contributed by atoms with Gasteiger partial charge in [-0.25, -0.2) is 4.98 Å². The Hall–Kier alpha value is -1.32. The highest BCUT2D eigenvalue weighted by atomic mass is 16.1. The largest absolute Gasteiger partial charge is 0.369 e. The number of aromatic nitrogens is 2. The predicted molar refractivity (Wildman–Crippen MR) is 57.3 cm³/mol. The number of imidazole rings is 1. The molecular formula is C11H15N3O. The van der Waals surface area contributed by atoms with Gasteiger partial charge in [-0.05, 0) is 19.3 Å². The van der Waals surface area contributed by atoms with Crippen LogP contribution in [0.3, 0.4) is 0 Å². The number of carbonyl (C=O) groups excluding carboxylic acids is 1. The molecule has 0 amide bonds. The van der Waals surface area contributed by atoms with Gasteiger partial charge in [0.1, 0.15) is 17.3 Å². The third kappa shape index (κ3) is 1.28. The Bertz CT molecular complexity index is 393. The van der Waals surface area contributed by atoms with Gasteiger partial charge in [-0.15, -0.1) is 0 Å². The van der Waals surface area contributed by atoms with Crippen molar-refractivity contribution < 1.29 is 4.79 Å². The summed E-state index contributed by atoms with van der Waals surface area (Å²) in [5.41, 5.74) is 0.594. The molecule has 1 aliphatic carbocycles. The minimum Gasteiger partial charge on any atom is -0.369 e.